The maximum Gasteiger partial charge on any atom is 0.132 e. The molecule has 0 saturated carbocycles. The van der Waals surface area contributed by atoms with Crippen LogP contribution in [0.3, 0.4) is 0 Å². The zero-order chi connectivity index (χ0) is 13.3. The summed E-state index contributed by atoms with van der Waals surface area (Å²) in [6.45, 7) is 6.52. The Kier molecular flexibility index (Phi) is 3.64. The highest BCUT2D eigenvalue weighted by atomic mass is 35.5. The van der Waals surface area contributed by atoms with E-state index in [1.807, 2.05) is 18.2 Å². The van der Waals surface area contributed by atoms with Crippen molar-refractivity contribution in [1.29, 1.82) is 0 Å². The largest absolute Gasteiger partial charge is 0.388 e. The predicted molar refractivity (Wildman–Crippen MR) is 74.8 cm³/mol. The molecular weight excluding hydrogens is 248 g/mol. The molecule has 1 atom stereocenters. The minimum Gasteiger partial charge on any atom is -0.388 e. The van der Waals surface area contributed by atoms with Crippen LogP contribution >= 0.6 is 11.6 Å². The average molecular weight is 267 g/mol. The van der Waals surface area contributed by atoms with Crippen LogP contribution in [0.1, 0.15) is 45.3 Å². The molecule has 0 aliphatic rings. The van der Waals surface area contributed by atoms with Crippen LogP contribution in [0.25, 0.3) is 10.9 Å². The zero-order valence-corrected chi connectivity index (χ0v) is 11.8. The molecular formula is C14H19ClN2O. The summed E-state index contributed by atoms with van der Waals surface area (Å²) in [5.41, 5.74) is 1.87. The van der Waals surface area contributed by atoms with Crippen LogP contribution in [0.15, 0.2) is 18.2 Å². The highest BCUT2D eigenvalue weighted by Gasteiger charge is 2.18. The van der Waals surface area contributed by atoms with Crippen molar-refractivity contribution in [3.05, 3.63) is 28.9 Å². The van der Waals surface area contributed by atoms with Gasteiger partial charge in [-0.1, -0.05) is 44.5 Å². The second kappa shape index (κ2) is 4.90. The van der Waals surface area contributed by atoms with Gasteiger partial charge in [-0.15, -0.1) is 0 Å². The van der Waals surface area contributed by atoms with Crippen molar-refractivity contribution in [2.24, 2.45) is 5.41 Å². The van der Waals surface area contributed by atoms with Crippen LogP contribution < -0.4 is 0 Å². The van der Waals surface area contributed by atoms with E-state index >= 15 is 0 Å². The van der Waals surface area contributed by atoms with Gasteiger partial charge in [-0.2, -0.15) is 5.10 Å². The topological polar surface area (TPSA) is 48.9 Å². The molecule has 0 fully saturated rings. The maximum absolute atomic E-state index is 10.3. The average Bonchev–Trinajstić information content (AvgIpc) is 2.67. The molecule has 1 aromatic heterocycles. The third-order valence-corrected chi connectivity index (χ3v) is 3.37. The Bertz CT molecular complexity index is 542. The Labute approximate surface area is 112 Å². The molecule has 2 N–H and O–H groups in total. The van der Waals surface area contributed by atoms with Gasteiger partial charge in [0.25, 0.3) is 0 Å². The number of rotatable bonds is 3. The number of aliphatic hydroxyl groups excluding tert-OH is 1. The molecule has 2 rings (SSSR count). The standard InChI is InChI=1S/C14H19ClN2O/c1-14(2,3)8-7-11(18)9-5-4-6-10-12(9)13(15)17-16-10/h4-6,11,18H,7-8H2,1-3H3,(H,16,17)/t11-/m0/s1. The van der Waals surface area contributed by atoms with E-state index in [9.17, 15) is 5.11 Å². The molecule has 1 heterocycles. The number of hydrogen-bond acceptors (Lipinski definition) is 2. The number of H-pyrrole nitrogens is 1. The smallest absolute Gasteiger partial charge is 0.132 e. The van der Waals surface area contributed by atoms with Crippen LogP contribution in [0.2, 0.25) is 5.15 Å². The SMILES string of the molecule is CC(C)(C)CC[C@H](O)c1cccc2n[nH]c(Cl)c12. The molecule has 18 heavy (non-hydrogen) atoms. The van der Waals surface area contributed by atoms with Gasteiger partial charge >= 0.3 is 0 Å². The first-order chi connectivity index (χ1) is 8.38. The van der Waals surface area contributed by atoms with Gasteiger partial charge in [0.05, 0.1) is 11.6 Å². The number of aliphatic hydroxyl groups is 1. The first-order valence-corrected chi connectivity index (χ1v) is 6.57. The number of halogens is 1. The Hall–Kier alpha value is -1.06. The second-order valence-electron chi connectivity index (χ2n) is 5.89. The Balaban J connectivity index is 2.27. The van der Waals surface area contributed by atoms with Gasteiger partial charge in [-0.3, -0.25) is 5.10 Å². The second-order valence-corrected chi connectivity index (χ2v) is 6.27. The van der Waals surface area contributed by atoms with Crippen molar-refractivity contribution < 1.29 is 5.11 Å². The van der Waals surface area contributed by atoms with E-state index in [-0.39, 0.29) is 5.41 Å². The lowest BCUT2D eigenvalue weighted by atomic mass is 9.87. The lowest BCUT2D eigenvalue weighted by molar-refractivity contribution is 0.149. The fourth-order valence-electron chi connectivity index (χ4n) is 2.06. The van der Waals surface area contributed by atoms with Crippen molar-refractivity contribution in [3.63, 3.8) is 0 Å². The fourth-order valence-corrected chi connectivity index (χ4v) is 2.31. The summed E-state index contributed by atoms with van der Waals surface area (Å²) in [5.74, 6) is 0. The quantitative estimate of drug-likeness (QED) is 0.880. The molecule has 3 nitrogen and oxygen atoms in total. The summed E-state index contributed by atoms with van der Waals surface area (Å²) in [7, 11) is 0. The summed E-state index contributed by atoms with van der Waals surface area (Å²) in [4.78, 5) is 0. The normalized spacial score (nSPS) is 14.1. The Morgan fingerprint density at radius 3 is 2.78 bits per heavy atom. The molecule has 0 unspecified atom stereocenters. The summed E-state index contributed by atoms with van der Waals surface area (Å²) < 4.78 is 0. The van der Waals surface area contributed by atoms with Crippen molar-refractivity contribution in [3.8, 4) is 0 Å². The van der Waals surface area contributed by atoms with E-state index in [2.05, 4.69) is 31.0 Å². The Morgan fingerprint density at radius 1 is 1.39 bits per heavy atom. The number of benzene rings is 1. The van der Waals surface area contributed by atoms with E-state index in [4.69, 9.17) is 11.6 Å². The molecule has 0 bridgehead atoms. The van der Waals surface area contributed by atoms with Crippen molar-refractivity contribution in [1.82, 2.24) is 10.2 Å². The Morgan fingerprint density at radius 2 is 2.11 bits per heavy atom. The molecule has 0 amide bonds. The molecule has 2 aromatic rings. The number of hydrogen-bond donors (Lipinski definition) is 2. The zero-order valence-electron chi connectivity index (χ0n) is 11.0. The van der Waals surface area contributed by atoms with Crippen molar-refractivity contribution in [2.75, 3.05) is 0 Å². The number of nitrogens with one attached hydrogen (secondary N) is 1. The van der Waals surface area contributed by atoms with Crippen molar-refractivity contribution >= 4 is 22.5 Å². The molecule has 1 aromatic carbocycles. The number of aromatic amines is 1. The van der Waals surface area contributed by atoms with Crippen LogP contribution in [-0.4, -0.2) is 15.3 Å². The summed E-state index contributed by atoms with van der Waals surface area (Å²) in [5, 5.41) is 18.5. The minimum atomic E-state index is -0.497. The van der Waals surface area contributed by atoms with E-state index in [1.165, 1.54) is 0 Å². The lowest BCUT2D eigenvalue weighted by Crippen LogP contribution is -2.08. The maximum atomic E-state index is 10.3. The van der Waals surface area contributed by atoms with E-state index in [0.717, 1.165) is 29.3 Å². The lowest BCUT2D eigenvalue weighted by Gasteiger charge is -2.20. The number of aromatic nitrogens is 2. The number of nitrogens with zero attached hydrogens (tertiary/aromatic N) is 1. The minimum absolute atomic E-state index is 0.217. The molecule has 0 aliphatic carbocycles. The van der Waals surface area contributed by atoms with Crippen LogP contribution in [0, 0.1) is 5.41 Å². The molecule has 0 saturated heterocycles. The van der Waals surface area contributed by atoms with Crippen LogP contribution in [0.4, 0.5) is 0 Å². The highest BCUT2D eigenvalue weighted by molar-refractivity contribution is 6.34. The van der Waals surface area contributed by atoms with Gasteiger partial charge < -0.3 is 5.11 Å². The third kappa shape index (κ3) is 2.85. The predicted octanol–water partition coefficient (Wildman–Crippen LogP) is 4.08. The molecule has 0 spiro atoms. The number of fused-ring (bicyclic) bond motifs is 1. The first kappa shape index (κ1) is 13.4. The van der Waals surface area contributed by atoms with Gasteiger partial charge in [0.2, 0.25) is 0 Å². The van der Waals surface area contributed by atoms with Gasteiger partial charge in [0.1, 0.15) is 5.15 Å². The summed E-state index contributed by atoms with van der Waals surface area (Å²) >= 11 is 6.08. The molecule has 0 radical (unpaired) electrons. The van der Waals surface area contributed by atoms with Crippen LogP contribution in [0.5, 0.6) is 0 Å². The highest BCUT2D eigenvalue weighted by Crippen LogP contribution is 2.33. The monoisotopic (exact) mass is 266 g/mol. The molecule has 0 aliphatic heterocycles. The van der Waals surface area contributed by atoms with Crippen molar-refractivity contribution in [2.45, 2.75) is 39.7 Å². The summed E-state index contributed by atoms with van der Waals surface area (Å²) in [6, 6.07) is 5.70. The van der Waals surface area contributed by atoms with E-state index in [0.29, 0.717) is 5.15 Å². The third-order valence-electron chi connectivity index (χ3n) is 3.10. The molecule has 98 valence electrons. The van der Waals surface area contributed by atoms with Gasteiger partial charge in [-0.05, 0) is 29.9 Å². The first-order valence-electron chi connectivity index (χ1n) is 6.19. The molecule has 4 heteroatoms. The van der Waals surface area contributed by atoms with Gasteiger partial charge in [0, 0.05) is 5.39 Å². The fraction of sp³-hybridized carbons (Fsp3) is 0.500. The van der Waals surface area contributed by atoms with E-state index in [1.54, 1.807) is 0 Å². The summed E-state index contributed by atoms with van der Waals surface area (Å²) in [6.07, 6.45) is 1.19. The van der Waals surface area contributed by atoms with E-state index < -0.39 is 6.10 Å². The van der Waals surface area contributed by atoms with Gasteiger partial charge in [0.15, 0.2) is 0 Å². The van der Waals surface area contributed by atoms with Crippen LogP contribution in [-0.2, 0) is 0 Å². The van der Waals surface area contributed by atoms with Gasteiger partial charge in [-0.25, -0.2) is 0 Å².